The molecule has 13 heteroatoms. The molecular formula is C17H24Cl2F4N6O. The molecule has 0 aliphatic carbocycles. The quantitative estimate of drug-likeness (QED) is 0.641. The molecule has 0 spiro atoms. The first-order valence-electron chi connectivity index (χ1n) is 9.30. The first-order chi connectivity index (χ1) is 13.3. The highest BCUT2D eigenvalue weighted by Gasteiger charge is 2.64. The molecule has 4 rings (SSSR count). The molecule has 3 aliphatic heterocycles. The summed E-state index contributed by atoms with van der Waals surface area (Å²) in [6.07, 6.45) is 3.76. The molecule has 2 N–H and O–H groups in total. The van der Waals surface area contributed by atoms with Crippen LogP contribution in [0, 0.1) is 5.92 Å². The van der Waals surface area contributed by atoms with Gasteiger partial charge in [0, 0.05) is 44.6 Å². The molecule has 1 aromatic heterocycles. The minimum Gasteiger partial charge on any atom is -0.338 e. The van der Waals surface area contributed by atoms with Crippen molar-refractivity contribution in [1.29, 1.82) is 0 Å². The van der Waals surface area contributed by atoms with Crippen molar-refractivity contribution in [2.75, 3.05) is 44.2 Å². The lowest BCUT2D eigenvalue weighted by Crippen LogP contribution is -2.54. The Labute approximate surface area is 183 Å². The number of nitrogens with zero attached hydrogens (tertiary/aromatic N) is 4. The summed E-state index contributed by atoms with van der Waals surface area (Å²) in [5.41, 5.74) is 0. The Hall–Kier alpha value is -1.43. The number of aromatic nitrogens is 2. The first kappa shape index (κ1) is 24.8. The van der Waals surface area contributed by atoms with E-state index in [0.717, 1.165) is 13.1 Å². The van der Waals surface area contributed by atoms with Gasteiger partial charge in [0.05, 0.1) is 19.1 Å². The molecular weight excluding hydrogens is 451 g/mol. The molecule has 3 saturated heterocycles. The molecule has 0 aromatic carbocycles. The summed E-state index contributed by atoms with van der Waals surface area (Å²) in [7, 11) is 0. The van der Waals surface area contributed by atoms with Gasteiger partial charge in [0.15, 0.2) is 0 Å². The highest BCUT2D eigenvalue weighted by molar-refractivity contribution is 5.85. The summed E-state index contributed by atoms with van der Waals surface area (Å²) in [4.78, 5) is 23.6. The predicted octanol–water partition coefficient (Wildman–Crippen LogP) is 1.19. The second-order valence-corrected chi connectivity index (χ2v) is 7.62. The lowest BCUT2D eigenvalue weighted by molar-refractivity contribution is -0.172. The number of likely N-dealkylation sites (tertiary alicyclic amines) is 1. The van der Waals surface area contributed by atoms with E-state index in [1.165, 1.54) is 0 Å². The monoisotopic (exact) mass is 474 g/mol. The third-order valence-corrected chi connectivity index (χ3v) is 5.70. The highest BCUT2D eigenvalue weighted by Crippen LogP contribution is 2.41. The molecule has 0 saturated carbocycles. The van der Waals surface area contributed by atoms with Crippen molar-refractivity contribution in [3.8, 4) is 0 Å². The van der Waals surface area contributed by atoms with E-state index in [9.17, 15) is 22.4 Å². The van der Waals surface area contributed by atoms with Gasteiger partial charge >= 0.3 is 11.8 Å². The van der Waals surface area contributed by atoms with E-state index in [-0.39, 0.29) is 36.8 Å². The molecule has 3 atom stereocenters. The Kier molecular flexibility index (Phi) is 7.76. The fourth-order valence-electron chi connectivity index (χ4n) is 4.13. The van der Waals surface area contributed by atoms with Crippen LogP contribution in [0.5, 0.6) is 0 Å². The normalized spacial score (nSPS) is 29.8. The van der Waals surface area contributed by atoms with E-state index in [4.69, 9.17) is 0 Å². The second kappa shape index (κ2) is 9.37. The van der Waals surface area contributed by atoms with Gasteiger partial charge in [0.25, 0.3) is 0 Å². The molecule has 3 aliphatic rings. The molecule has 4 heterocycles. The minimum absolute atomic E-state index is 0. The van der Waals surface area contributed by atoms with Crippen LogP contribution in [0.4, 0.5) is 23.5 Å². The lowest BCUT2D eigenvalue weighted by atomic mass is 9.94. The number of halogens is 6. The Morgan fingerprint density at radius 3 is 2.33 bits per heavy atom. The molecule has 0 bridgehead atoms. The van der Waals surface area contributed by atoms with E-state index in [2.05, 4.69) is 25.5 Å². The molecule has 0 radical (unpaired) electrons. The molecule has 1 amide bonds. The summed E-state index contributed by atoms with van der Waals surface area (Å²) in [6.45, 7) is 0.170. The highest BCUT2D eigenvalue weighted by atomic mass is 35.5. The number of carbonyl (C=O) groups is 1. The van der Waals surface area contributed by atoms with Crippen molar-refractivity contribution in [3.63, 3.8) is 0 Å². The number of carbonyl (C=O) groups excluding carboxylic acids is 1. The standard InChI is InChI=1S/C17H22F4N6O.2ClH/c18-16(19)9-27(10-17(16,20)21)14(28)12-6-11(7-25-12)13-8-26(5-4-22-13)15-23-2-1-3-24-15;;/h1-3,11-13,22,25H,4-10H2;2*1H/t11-,12-,13?;;/m0../s1. The fourth-order valence-corrected chi connectivity index (χ4v) is 4.13. The predicted molar refractivity (Wildman–Crippen MR) is 107 cm³/mol. The Bertz CT molecular complexity index is 715. The summed E-state index contributed by atoms with van der Waals surface area (Å²) >= 11 is 0. The van der Waals surface area contributed by atoms with Crippen LogP contribution in [-0.2, 0) is 4.79 Å². The summed E-state index contributed by atoms with van der Waals surface area (Å²) in [6, 6.07) is 1.08. The largest absolute Gasteiger partial charge is 0.338 e. The van der Waals surface area contributed by atoms with Gasteiger partial charge in [-0.2, -0.15) is 17.6 Å². The topological polar surface area (TPSA) is 73.4 Å². The Morgan fingerprint density at radius 1 is 1.07 bits per heavy atom. The van der Waals surface area contributed by atoms with Gasteiger partial charge in [-0.3, -0.25) is 4.79 Å². The van der Waals surface area contributed by atoms with E-state index in [1.54, 1.807) is 18.5 Å². The van der Waals surface area contributed by atoms with E-state index in [0.29, 0.717) is 30.4 Å². The first-order valence-corrected chi connectivity index (χ1v) is 9.30. The molecule has 1 unspecified atom stereocenters. The maximum Gasteiger partial charge on any atom is 0.329 e. The molecule has 7 nitrogen and oxygen atoms in total. The van der Waals surface area contributed by atoms with Crippen LogP contribution >= 0.6 is 24.8 Å². The van der Waals surface area contributed by atoms with Gasteiger partial charge in [-0.15, -0.1) is 24.8 Å². The minimum atomic E-state index is -4.18. The van der Waals surface area contributed by atoms with Crippen molar-refractivity contribution in [2.24, 2.45) is 5.92 Å². The molecule has 30 heavy (non-hydrogen) atoms. The van der Waals surface area contributed by atoms with Crippen molar-refractivity contribution in [3.05, 3.63) is 18.5 Å². The molecule has 1 aromatic rings. The maximum atomic E-state index is 13.4. The number of anilines is 1. The van der Waals surface area contributed by atoms with Crippen LogP contribution in [0.3, 0.4) is 0 Å². The van der Waals surface area contributed by atoms with Crippen molar-refractivity contribution >= 4 is 36.7 Å². The third kappa shape index (κ3) is 4.74. The molecule has 170 valence electrons. The second-order valence-electron chi connectivity index (χ2n) is 7.62. The van der Waals surface area contributed by atoms with Crippen LogP contribution in [0.25, 0.3) is 0 Å². The number of nitrogens with one attached hydrogen (secondary N) is 2. The van der Waals surface area contributed by atoms with Gasteiger partial charge in [-0.1, -0.05) is 0 Å². The van der Waals surface area contributed by atoms with Crippen molar-refractivity contribution in [1.82, 2.24) is 25.5 Å². The zero-order valence-electron chi connectivity index (χ0n) is 15.9. The van der Waals surface area contributed by atoms with Crippen LogP contribution in [0.15, 0.2) is 18.5 Å². The number of piperazine rings is 1. The Balaban J connectivity index is 0.00000160. The zero-order chi connectivity index (χ0) is 19.9. The smallest absolute Gasteiger partial charge is 0.329 e. The zero-order valence-corrected chi connectivity index (χ0v) is 17.6. The van der Waals surface area contributed by atoms with Crippen molar-refractivity contribution < 1.29 is 22.4 Å². The van der Waals surface area contributed by atoms with Gasteiger partial charge in [-0.25, -0.2) is 9.97 Å². The molecule has 3 fully saturated rings. The van der Waals surface area contributed by atoms with Crippen LogP contribution in [-0.4, -0.2) is 84.0 Å². The van der Waals surface area contributed by atoms with Crippen molar-refractivity contribution in [2.45, 2.75) is 30.3 Å². The number of rotatable bonds is 3. The SMILES string of the molecule is Cl.Cl.O=C([C@@H]1C[C@H](C2CN(c3ncccn3)CCN2)CN1)N1CC(F)(F)C(F)(F)C1. The summed E-state index contributed by atoms with van der Waals surface area (Å²) < 4.78 is 53.6. The lowest BCUT2D eigenvalue weighted by Gasteiger charge is -2.36. The van der Waals surface area contributed by atoms with E-state index >= 15 is 0 Å². The van der Waals surface area contributed by atoms with Crippen LogP contribution in [0.2, 0.25) is 0 Å². The fraction of sp³-hybridized carbons (Fsp3) is 0.706. The van der Waals surface area contributed by atoms with E-state index < -0.39 is 36.9 Å². The number of alkyl halides is 4. The summed E-state index contributed by atoms with van der Waals surface area (Å²) in [5.74, 6) is -8.33. The van der Waals surface area contributed by atoms with Gasteiger partial charge < -0.3 is 20.4 Å². The number of hydrogen-bond acceptors (Lipinski definition) is 6. The van der Waals surface area contributed by atoms with Crippen LogP contribution in [0.1, 0.15) is 6.42 Å². The third-order valence-electron chi connectivity index (χ3n) is 5.70. The average Bonchev–Trinajstić information content (AvgIpc) is 3.25. The average molecular weight is 475 g/mol. The maximum absolute atomic E-state index is 13.4. The van der Waals surface area contributed by atoms with Crippen LogP contribution < -0.4 is 15.5 Å². The summed E-state index contributed by atoms with van der Waals surface area (Å²) in [5, 5.41) is 6.43. The van der Waals surface area contributed by atoms with E-state index in [1.807, 2.05) is 0 Å². The van der Waals surface area contributed by atoms with Gasteiger partial charge in [0.2, 0.25) is 11.9 Å². The number of amides is 1. The number of hydrogen-bond donors (Lipinski definition) is 2. The Morgan fingerprint density at radius 2 is 1.70 bits per heavy atom. The van der Waals surface area contributed by atoms with Gasteiger partial charge in [-0.05, 0) is 18.4 Å². The van der Waals surface area contributed by atoms with Gasteiger partial charge in [0.1, 0.15) is 0 Å².